The lowest BCUT2D eigenvalue weighted by Crippen LogP contribution is -2.39. The Hall–Kier alpha value is -2.21. The summed E-state index contributed by atoms with van der Waals surface area (Å²) in [4.78, 5) is 25.8. The summed E-state index contributed by atoms with van der Waals surface area (Å²) in [5.41, 5.74) is 3.97. The van der Waals surface area contributed by atoms with Gasteiger partial charge in [0, 0.05) is 30.5 Å². The van der Waals surface area contributed by atoms with Crippen LogP contribution >= 0.6 is 0 Å². The second-order valence-electron chi connectivity index (χ2n) is 6.45. The number of nitrogens with zero attached hydrogens (tertiary/aromatic N) is 2. The van der Waals surface area contributed by atoms with E-state index in [2.05, 4.69) is 28.5 Å². The lowest BCUT2D eigenvalue weighted by molar-refractivity contribution is -0.134. The van der Waals surface area contributed by atoms with Gasteiger partial charge in [0.15, 0.2) is 5.58 Å². The number of fused-ring (bicyclic) bond motifs is 3. The summed E-state index contributed by atoms with van der Waals surface area (Å²) < 4.78 is 5.63. The molecule has 4 rings (SSSR count). The third-order valence-corrected chi connectivity index (χ3v) is 4.94. The lowest BCUT2D eigenvalue weighted by Gasteiger charge is -2.18. The van der Waals surface area contributed by atoms with Crippen LogP contribution in [0.1, 0.15) is 35.6 Å². The van der Waals surface area contributed by atoms with E-state index in [0.717, 1.165) is 36.9 Å². The fourth-order valence-electron chi connectivity index (χ4n) is 3.56. The predicted molar refractivity (Wildman–Crippen MR) is 84.0 cm³/mol. The van der Waals surface area contributed by atoms with Gasteiger partial charge >= 0.3 is 0 Å². The molecular weight excluding hydrogens is 294 g/mol. The van der Waals surface area contributed by atoms with Gasteiger partial charge in [0.1, 0.15) is 5.69 Å². The maximum absolute atomic E-state index is 12.1. The number of carbonyl (C=O) groups is 2. The van der Waals surface area contributed by atoms with Gasteiger partial charge in [-0.15, -0.1) is 0 Å². The van der Waals surface area contributed by atoms with Gasteiger partial charge in [0.25, 0.3) is 0 Å². The minimum Gasteiger partial charge on any atom is -0.356 e. The van der Waals surface area contributed by atoms with Crippen LogP contribution in [0.4, 0.5) is 0 Å². The zero-order valence-electron chi connectivity index (χ0n) is 13.1. The molecular formula is C17H19N3O3. The number of nitrogens with one attached hydrogen (secondary N) is 1. The Morgan fingerprint density at radius 2 is 2.04 bits per heavy atom. The van der Waals surface area contributed by atoms with Gasteiger partial charge < -0.3 is 9.42 Å². The average Bonchev–Trinajstić information content (AvgIpc) is 2.85. The first-order chi connectivity index (χ1) is 11.1. The fourth-order valence-corrected chi connectivity index (χ4v) is 3.56. The van der Waals surface area contributed by atoms with E-state index in [0.29, 0.717) is 18.5 Å². The van der Waals surface area contributed by atoms with Crippen molar-refractivity contribution in [3.05, 3.63) is 29.0 Å². The first kappa shape index (κ1) is 14.4. The molecule has 1 atom stereocenters. The average molecular weight is 313 g/mol. The summed E-state index contributed by atoms with van der Waals surface area (Å²) in [6, 6.07) is 4.14. The molecule has 3 heterocycles. The van der Waals surface area contributed by atoms with Crippen LogP contribution in [0.2, 0.25) is 0 Å². The fraction of sp³-hybridized carbons (Fsp3) is 0.471. The highest BCUT2D eigenvalue weighted by Gasteiger charge is 2.32. The van der Waals surface area contributed by atoms with Crippen molar-refractivity contribution in [1.82, 2.24) is 15.4 Å². The minimum atomic E-state index is -0.402. The Morgan fingerprint density at radius 1 is 1.22 bits per heavy atom. The van der Waals surface area contributed by atoms with Gasteiger partial charge in [-0.2, -0.15) is 0 Å². The third-order valence-electron chi connectivity index (χ3n) is 4.94. The second-order valence-corrected chi connectivity index (χ2v) is 6.45. The largest absolute Gasteiger partial charge is 0.356 e. The first-order valence-corrected chi connectivity index (χ1v) is 8.06. The van der Waals surface area contributed by atoms with Crippen LogP contribution in [0.15, 0.2) is 16.7 Å². The van der Waals surface area contributed by atoms with Gasteiger partial charge in [-0.05, 0) is 37.9 Å². The zero-order chi connectivity index (χ0) is 16.0. The predicted octanol–water partition coefficient (Wildman–Crippen LogP) is 1.38. The molecule has 1 aromatic heterocycles. The van der Waals surface area contributed by atoms with Crippen LogP contribution in [-0.4, -0.2) is 42.0 Å². The number of likely N-dealkylation sites (N-methyl/N-ethyl adjacent to an activating group) is 1. The van der Waals surface area contributed by atoms with Crippen LogP contribution in [0.5, 0.6) is 0 Å². The quantitative estimate of drug-likeness (QED) is 0.805. The smallest absolute Gasteiger partial charge is 0.235 e. The van der Waals surface area contributed by atoms with Gasteiger partial charge in [-0.3, -0.25) is 14.9 Å². The molecule has 6 heteroatoms. The Kier molecular flexibility index (Phi) is 3.41. The molecule has 1 N–H and O–H groups in total. The van der Waals surface area contributed by atoms with E-state index >= 15 is 0 Å². The highest BCUT2D eigenvalue weighted by Crippen LogP contribution is 2.34. The summed E-state index contributed by atoms with van der Waals surface area (Å²) in [7, 11) is 2.12. The molecule has 2 aliphatic heterocycles. The number of benzene rings is 1. The van der Waals surface area contributed by atoms with E-state index in [1.165, 1.54) is 11.1 Å². The summed E-state index contributed by atoms with van der Waals surface area (Å²) in [6.07, 6.45) is 2.76. The number of rotatable bonds is 1. The molecule has 0 spiro atoms. The molecule has 1 unspecified atom stereocenters. The molecule has 23 heavy (non-hydrogen) atoms. The van der Waals surface area contributed by atoms with Crippen LogP contribution in [0.25, 0.3) is 11.0 Å². The molecule has 0 radical (unpaired) electrons. The van der Waals surface area contributed by atoms with Gasteiger partial charge in [-0.1, -0.05) is 11.2 Å². The van der Waals surface area contributed by atoms with E-state index in [9.17, 15) is 9.59 Å². The summed E-state index contributed by atoms with van der Waals surface area (Å²) in [5.74, 6) is -0.887. The molecule has 1 saturated heterocycles. The molecule has 0 saturated carbocycles. The zero-order valence-corrected chi connectivity index (χ0v) is 13.1. The monoisotopic (exact) mass is 313 g/mol. The topological polar surface area (TPSA) is 75.4 Å². The van der Waals surface area contributed by atoms with Gasteiger partial charge in [0.05, 0.1) is 5.92 Å². The number of imide groups is 1. The van der Waals surface area contributed by atoms with Crippen molar-refractivity contribution >= 4 is 22.8 Å². The van der Waals surface area contributed by atoms with Crippen molar-refractivity contribution in [3.8, 4) is 0 Å². The van der Waals surface area contributed by atoms with Crippen molar-refractivity contribution in [2.75, 3.05) is 20.1 Å². The molecule has 120 valence electrons. The van der Waals surface area contributed by atoms with Crippen molar-refractivity contribution in [2.24, 2.45) is 0 Å². The van der Waals surface area contributed by atoms with E-state index in [1.54, 1.807) is 0 Å². The molecule has 2 aromatic rings. The van der Waals surface area contributed by atoms with Crippen LogP contribution < -0.4 is 5.32 Å². The van der Waals surface area contributed by atoms with E-state index in [4.69, 9.17) is 4.52 Å². The van der Waals surface area contributed by atoms with Crippen LogP contribution in [-0.2, 0) is 22.4 Å². The van der Waals surface area contributed by atoms with Crippen molar-refractivity contribution < 1.29 is 14.1 Å². The second kappa shape index (κ2) is 5.45. The number of aromatic nitrogens is 1. The SMILES string of the molecule is CN1CCc2ccc3c(C4CCC(=O)NC4=O)noc3c2CC1. The summed E-state index contributed by atoms with van der Waals surface area (Å²) >= 11 is 0. The third kappa shape index (κ3) is 2.43. The summed E-state index contributed by atoms with van der Waals surface area (Å²) in [6.45, 7) is 2.02. The Balaban J connectivity index is 1.76. The van der Waals surface area contributed by atoms with Crippen LogP contribution in [0, 0.1) is 0 Å². The van der Waals surface area contributed by atoms with Gasteiger partial charge in [0.2, 0.25) is 11.8 Å². The number of carbonyl (C=O) groups excluding carboxylic acids is 2. The molecule has 1 fully saturated rings. The normalized spacial score (nSPS) is 22.7. The highest BCUT2D eigenvalue weighted by molar-refractivity contribution is 6.02. The Morgan fingerprint density at radius 3 is 2.87 bits per heavy atom. The van der Waals surface area contributed by atoms with E-state index in [1.807, 2.05) is 6.07 Å². The Labute approximate surface area is 133 Å². The summed E-state index contributed by atoms with van der Waals surface area (Å²) in [5, 5.41) is 7.49. The number of amides is 2. The first-order valence-electron chi connectivity index (χ1n) is 8.06. The molecule has 0 aliphatic carbocycles. The van der Waals surface area contributed by atoms with Crippen LogP contribution in [0.3, 0.4) is 0 Å². The molecule has 2 aliphatic rings. The maximum atomic E-state index is 12.1. The highest BCUT2D eigenvalue weighted by atomic mass is 16.5. The maximum Gasteiger partial charge on any atom is 0.235 e. The standard InChI is InChI=1S/C17H19N3O3/c1-20-8-6-10-2-3-12-15(13-4-5-14(21)18-17(13)22)19-23-16(12)11(10)7-9-20/h2-3,13H,4-9H2,1H3,(H,18,21,22). The Bertz CT molecular complexity index is 796. The number of piperidine rings is 1. The lowest BCUT2D eigenvalue weighted by atomic mass is 9.91. The number of hydrogen-bond donors (Lipinski definition) is 1. The minimum absolute atomic E-state index is 0.212. The van der Waals surface area contributed by atoms with E-state index < -0.39 is 5.92 Å². The molecule has 0 bridgehead atoms. The molecule has 6 nitrogen and oxygen atoms in total. The molecule has 1 aromatic carbocycles. The van der Waals surface area contributed by atoms with Gasteiger partial charge in [-0.25, -0.2) is 0 Å². The van der Waals surface area contributed by atoms with Crippen molar-refractivity contribution in [2.45, 2.75) is 31.6 Å². The van der Waals surface area contributed by atoms with Crippen molar-refractivity contribution in [1.29, 1.82) is 0 Å². The van der Waals surface area contributed by atoms with E-state index in [-0.39, 0.29) is 11.8 Å². The number of hydrogen-bond acceptors (Lipinski definition) is 5. The van der Waals surface area contributed by atoms with Crippen molar-refractivity contribution in [3.63, 3.8) is 0 Å². The molecule has 2 amide bonds.